The molecule has 0 unspecified atom stereocenters. The van der Waals surface area contributed by atoms with E-state index in [9.17, 15) is 14.7 Å². The van der Waals surface area contributed by atoms with Gasteiger partial charge in [0, 0.05) is 19.3 Å². The molecule has 1 fully saturated rings. The van der Waals surface area contributed by atoms with E-state index in [4.69, 9.17) is 4.42 Å². The first kappa shape index (κ1) is 19.9. The molecule has 1 saturated heterocycles. The molecule has 8 heteroatoms. The van der Waals surface area contributed by atoms with Crippen LogP contribution in [0.25, 0.3) is 5.76 Å². The van der Waals surface area contributed by atoms with Crippen LogP contribution in [0.3, 0.4) is 0 Å². The van der Waals surface area contributed by atoms with E-state index in [0.717, 1.165) is 6.54 Å². The summed E-state index contributed by atoms with van der Waals surface area (Å²) in [4.78, 5) is 29.1. The molecule has 150 valence electrons. The Hall–Kier alpha value is -2.87. The van der Waals surface area contributed by atoms with Gasteiger partial charge in [-0.25, -0.2) is 0 Å². The predicted molar refractivity (Wildman–Crippen MR) is 104 cm³/mol. The van der Waals surface area contributed by atoms with E-state index in [1.165, 1.54) is 11.2 Å². The van der Waals surface area contributed by atoms with Crippen molar-refractivity contribution >= 4 is 17.4 Å². The average molecular weight is 386 g/mol. The van der Waals surface area contributed by atoms with Crippen LogP contribution in [-0.4, -0.2) is 63.6 Å². The van der Waals surface area contributed by atoms with E-state index in [0.29, 0.717) is 35.7 Å². The van der Waals surface area contributed by atoms with E-state index in [-0.39, 0.29) is 11.3 Å². The number of Topliss-reactive ketones (excluding diaryl/α,β-unsaturated/α-hetero) is 1. The van der Waals surface area contributed by atoms with Crippen LogP contribution in [-0.2, 0) is 16.6 Å². The third-order valence-corrected chi connectivity index (χ3v) is 5.10. The maximum Gasteiger partial charge on any atom is 0.295 e. The minimum Gasteiger partial charge on any atom is -0.507 e. The highest BCUT2D eigenvalue weighted by atomic mass is 16.3. The molecule has 28 heavy (non-hydrogen) atoms. The standard InChI is InChI=1S/C20H26N4O4/c1-12-15(13(2)23(5)21-12)18(25)16-17(14-8-6-11-28-14)24(20(27)19(16)26)10-7-9-22(3)4/h6,8,11,17,25H,7,9-10H2,1-5H3/t17-/m0/s1. The lowest BCUT2D eigenvalue weighted by atomic mass is 9.98. The number of ketones is 1. The quantitative estimate of drug-likeness (QED) is 0.464. The fraction of sp³-hybridized carbons (Fsp3) is 0.450. The van der Waals surface area contributed by atoms with Crippen molar-refractivity contribution in [3.8, 4) is 0 Å². The lowest BCUT2D eigenvalue weighted by Crippen LogP contribution is -2.32. The Morgan fingerprint density at radius 2 is 2.04 bits per heavy atom. The van der Waals surface area contributed by atoms with E-state index in [1.807, 2.05) is 25.9 Å². The van der Waals surface area contributed by atoms with Gasteiger partial charge in [-0.05, 0) is 53.0 Å². The van der Waals surface area contributed by atoms with Crippen LogP contribution >= 0.6 is 0 Å². The monoisotopic (exact) mass is 386 g/mol. The van der Waals surface area contributed by atoms with E-state index < -0.39 is 17.7 Å². The number of aryl methyl sites for hydroxylation is 2. The van der Waals surface area contributed by atoms with Crippen molar-refractivity contribution in [2.75, 3.05) is 27.2 Å². The Labute approximate surface area is 164 Å². The number of aliphatic hydroxyl groups excluding tert-OH is 1. The number of aromatic nitrogens is 2. The van der Waals surface area contributed by atoms with Gasteiger partial charge in [0.15, 0.2) is 0 Å². The van der Waals surface area contributed by atoms with Crippen molar-refractivity contribution in [2.24, 2.45) is 7.05 Å². The molecule has 1 N–H and O–H groups in total. The Morgan fingerprint density at radius 3 is 2.57 bits per heavy atom. The fourth-order valence-electron chi connectivity index (χ4n) is 3.66. The molecular weight excluding hydrogens is 360 g/mol. The van der Waals surface area contributed by atoms with Crippen molar-refractivity contribution in [3.63, 3.8) is 0 Å². The molecule has 1 amide bonds. The number of rotatable bonds is 6. The largest absolute Gasteiger partial charge is 0.507 e. The minimum absolute atomic E-state index is 0.0454. The van der Waals surface area contributed by atoms with Crippen molar-refractivity contribution in [2.45, 2.75) is 26.3 Å². The van der Waals surface area contributed by atoms with Gasteiger partial charge in [-0.2, -0.15) is 5.10 Å². The zero-order valence-corrected chi connectivity index (χ0v) is 16.9. The summed E-state index contributed by atoms with van der Waals surface area (Å²) >= 11 is 0. The number of likely N-dealkylation sites (tertiary alicyclic amines) is 1. The number of aliphatic hydroxyl groups is 1. The third kappa shape index (κ3) is 3.35. The van der Waals surface area contributed by atoms with Crippen molar-refractivity contribution < 1.29 is 19.1 Å². The summed E-state index contributed by atoms with van der Waals surface area (Å²) in [5.41, 5.74) is 1.83. The predicted octanol–water partition coefficient (Wildman–Crippen LogP) is 2.00. The van der Waals surface area contributed by atoms with Gasteiger partial charge in [0.1, 0.15) is 17.6 Å². The van der Waals surface area contributed by atoms with Crippen LogP contribution in [0.2, 0.25) is 0 Å². The minimum atomic E-state index is -0.754. The molecule has 0 saturated carbocycles. The number of nitrogens with zero attached hydrogens (tertiary/aromatic N) is 4. The summed E-state index contributed by atoms with van der Waals surface area (Å²) in [6, 6.07) is 2.66. The molecule has 1 aliphatic heterocycles. The summed E-state index contributed by atoms with van der Waals surface area (Å²) in [6.45, 7) is 4.73. The Kier molecular flexibility index (Phi) is 5.42. The highest BCUT2D eigenvalue weighted by Gasteiger charge is 2.47. The first-order valence-electron chi connectivity index (χ1n) is 9.21. The maximum absolute atomic E-state index is 12.9. The van der Waals surface area contributed by atoms with E-state index in [1.54, 1.807) is 30.8 Å². The molecule has 0 bridgehead atoms. The van der Waals surface area contributed by atoms with Gasteiger partial charge in [0.05, 0.1) is 23.1 Å². The number of amides is 1. The second-order valence-corrected chi connectivity index (χ2v) is 7.33. The zero-order chi connectivity index (χ0) is 20.6. The third-order valence-electron chi connectivity index (χ3n) is 5.10. The molecule has 0 aliphatic carbocycles. The van der Waals surface area contributed by atoms with Crippen molar-refractivity contribution in [1.82, 2.24) is 19.6 Å². The van der Waals surface area contributed by atoms with Crippen LogP contribution in [0.4, 0.5) is 0 Å². The van der Waals surface area contributed by atoms with Gasteiger partial charge in [0.25, 0.3) is 11.7 Å². The van der Waals surface area contributed by atoms with Crippen LogP contribution in [0.15, 0.2) is 28.4 Å². The van der Waals surface area contributed by atoms with Gasteiger partial charge < -0.3 is 19.3 Å². The zero-order valence-electron chi connectivity index (χ0n) is 16.9. The van der Waals surface area contributed by atoms with Gasteiger partial charge in [-0.1, -0.05) is 0 Å². The van der Waals surface area contributed by atoms with E-state index >= 15 is 0 Å². The summed E-state index contributed by atoms with van der Waals surface area (Å²) in [5.74, 6) is -1.09. The van der Waals surface area contributed by atoms with Gasteiger partial charge in [0.2, 0.25) is 0 Å². The van der Waals surface area contributed by atoms with Crippen LogP contribution in [0.5, 0.6) is 0 Å². The Morgan fingerprint density at radius 1 is 1.32 bits per heavy atom. The molecule has 1 atom stereocenters. The van der Waals surface area contributed by atoms with Crippen molar-refractivity contribution in [1.29, 1.82) is 0 Å². The first-order valence-corrected chi connectivity index (χ1v) is 9.21. The molecule has 3 heterocycles. The summed E-state index contributed by atoms with van der Waals surface area (Å²) < 4.78 is 7.17. The van der Waals surface area contributed by atoms with E-state index in [2.05, 4.69) is 5.10 Å². The smallest absolute Gasteiger partial charge is 0.295 e. The summed E-state index contributed by atoms with van der Waals surface area (Å²) in [6.07, 6.45) is 2.19. The molecule has 8 nitrogen and oxygen atoms in total. The molecule has 0 radical (unpaired) electrons. The maximum atomic E-state index is 12.9. The molecule has 2 aromatic rings. The number of hydrogen-bond donors (Lipinski definition) is 1. The topological polar surface area (TPSA) is 91.8 Å². The Bertz CT molecular complexity index is 924. The SMILES string of the molecule is Cc1nn(C)c(C)c1C(O)=C1C(=O)C(=O)N(CCCN(C)C)[C@H]1c1ccco1. The average Bonchev–Trinajstić information content (AvgIpc) is 3.29. The van der Waals surface area contributed by atoms with Crippen molar-refractivity contribution in [3.05, 3.63) is 46.7 Å². The van der Waals surface area contributed by atoms with Crippen LogP contribution in [0.1, 0.15) is 35.2 Å². The second kappa shape index (κ2) is 7.63. The molecule has 3 rings (SSSR count). The Balaban J connectivity index is 2.10. The normalized spacial score (nSPS) is 19.2. The van der Waals surface area contributed by atoms with Gasteiger partial charge >= 0.3 is 0 Å². The van der Waals surface area contributed by atoms with Crippen LogP contribution in [0, 0.1) is 13.8 Å². The number of hydrogen-bond acceptors (Lipinski definition) is 6. The summed E-state index contributed by atoms with van der Waals surface area (Å²) in [5, 5.41) is 15.4. The highest BCUT2D eigenvalue weighted by molar-refractivity contribution is 6.46. The fourth-order valence-corrected chi connectivity index (χ4v) is 3.66. The number of furan rings is 1. The molecule has 1 aliphatic rings. The molecule has 0 aromatic carbocycles. The second-order valence-electron chi connectivity index (χ2n) is 7.33. The number of carbonyl (C=O) groups excluding carboxylic acids is 2. The van der Waals surface area contributed by atoms with Gasteiger partial charge in [-0.15, -0.1) is 0 Å². The highest BCUT2D eigenvalue weighted by Crippen LogP contribution is 2.40. The summed E-state index contributed by atoms with van der Waals surface area (Å²) in [7, 11) is 5.67. The molecular formula is C20H26N4O4. The lowest BCUT2D eigenvalue weighted by Gasteiger charge is -2.24. The lowest BCUT2D eigenvalue weighted by molar-refractivity contribution is -0.140. The molecule has 0 spiro atoms. The van der Waals surface area contributed by atoms with Crippen LogP contribution < -0.4 is 0 Å². The number of carbonyl (C=O) groups is 2. The molecule has 2 aromatic heterocycles. The van der Waals surface area contributed by atoms with Gasteiger partial charge in [-0.3, -0.25) is 14.3 Å². The first-order chi connectivity index (χ1) is 13.2.